The summed E-state index contributed by atoms with van der Waals surface area (Å²) in [6.07, 6.45) is 4.37. The molecule has 0 aliphatic carbocycles. The fraction of sp³-hybridized carbons (Fsp3) is 0.375. The van der Waals surface area contributed by atoms with E-state index in [4.69, 9.17) is 4.63 Å². The molecule has 8 heteroatoms. The number of hydrogen-bond donors (Lipinski definition) is 1. The smallest absolute Gasteiger partial charge is 0.331 e. The second kappa shape index (κ2) is 5.72. The maximum absolute atomic E-state index is 11.9. The van der Waals surface area contributed by atoms with Crippen molar-refractivity contribution < 1.29 is 14.5 Å². The number of aliphatic carboxylic acids is 1. The van der Waals surface area contributed by atoms with Crippen LogP contribution >= 0.6 is 0 Å². The van der Waals surface area contributed by atoms with Crippen molar-refractivity contribution in [3.05, 3.63) is 42.2 Å². The zero-order valence-electron chi connectivity index (χ0n) is 13.0. The molecular formula is C16H17N5O3. The SMILES string of the molecule is O=C(O)C1(n2cccn2)CCN(Cc2cccc3nonc23)CC1. The summed E-state index contributed by atoms with van der Waals surface area (Å²) in [5.41, 5.74) is 1.58. The molecule has 1 aliphatic heterocycles. The monoisotopic (exact) mass is 327 g/mol. The number of benzene rings is 1. The van der Waals surface area contributed by atoms with Gasteiger partial charge >= 0.3 is 5.97 Å². The van der Waals surface area contributed by atoms with Gasteiger partial charge in [0.1, 0.15) is 11.0 Å². The molecule has 1 N–H and O–H groups in total. The van der Waals surface area contributed by atoms with Crippen molar-refractivity contribution in [1.82, 2.24) is 25.0 Å². The molecule has 0 radical (unpaired) electrons. The summed E-state index contributed by atoms with van der Waals surface area (Å²) < 4.78 is 6.38. The molecule has 0 atom stereocenters. The summed E-state index contributed by atoms with van der Waals surface area (Å²) in [6.45, 7) is 2.04. The lowest BCUT2D eigenvalue weighted by Crippen LogP contribution is -2.51. The summed E-state index contributed by atoms with van der Waals surface area (Å²) >= 11 is 0. The van der Waals surface area contributed by atoms with E-state index in [1.165, 1.54) is 0 Å². The van der Waals surface area contributed by atoms with Crippen molar-refractivity contribution in [3.8, 4) is 0 Å². The summed E-state index contributed by atoms with van der Waals surface area (Å²) in [7, 11) is 0. The molecule has 8 nitrogen and oxygen atoms in total. The van der Waals surface area contributed by atoms with Crippen LogP contribution in [0, 0.1) is 0 Å². The highest BCUT2D eigenvalue weighted by atomic mass is 16.6. The van der Waals surface area contributed by atoms with Crippen molar-refractivity contribution in [1.29, 1.82) is 0 Å². The molecule has 24 heavy (non-hydrogen) atoms. The van der Waals surface area contributed by atoms with Gasteiger partial charge in [-0.15, -0.1) is 0 Å². The maximum atomic E-state index is 11.9. The molecule has 1 saturated heterocycles. The van der Waals surface area contributed by atoms with Crippen molar-refractivity contribution in [2.75, 3.05) is 13.1 Å². The van der Waals surface area contributed by atoms with Gasteiger partial charge in [-0.1, -0.05) is 12.1 Å². The summed E-state index contributed by atoms with van der Waals surface area (Å²) in [5.74, 6) is -0.825. The fourth-order valence-corrected chi connectivity index (χ4v) is 3.37. The van der Waals surface area contributed by atoms with Crippen molar-refractivity contribution in [3.63, 3.8) is 0 Å². The van der Waals surface area contributed by atoms with Gasteiger partial charge < -0.3 is 5.11 Å². The van der Waals surface area contributed by atoms with E-state index >= 15 is 0 Å². The first-order valence-corrected chi connectivity index (χ1v) is 7.85. The Morgan fingerprint density at radius 1 is 1.25 bits per heavy atom. The van der Waals surface area contributed by atoms with E-state index in [9.17, 15) is 9.90 Å². The number of carbonyl (C=O) groups is 1. The zero-order valence-corrected chi connectivity index (χ0v) is 13.0. The second-order valence-corrected chi connectivity index (χ2v) is 6.11. The summed E-state index contributed by atoms with van der Waals surface area (Å²) in [4.78, 5) is 14.1. The lowest BCUT2D eigenvalue weighted by atomic mass is 9.87. The number of nitrogens with zero attached hydrogens (tertiary/aromatic N) is 5. The minimum Gasteiger partial charge on any atom is -0.479 e. The molecule has 1 aromatic carbocycles. The third kappa shape index (κ3) is 2.35. The van der Waals surface area contributed by atoms with Gasteiger partial charge in [0.25, 0.3) is 0 Å². The molecule has 0 saturated carbocycles. The van der Waals surface area contributed by atoms with Crippen molar-refractivity contribution in [2.24, 2.45) is 0 Å². The normalized spacial score (nSPS) is 18.0. The van der Waals surface area contributed by atoms with Crippen LogP contribution < -0.4 is 0 Å². The van der Waals surface area contributed by atoms with Crippen LogP contribution in [-0.4, -0.2) is 49.2 Å². The summed E-state index contributed by atoms with van der Waals surface area (Å²) in [6, 6.07) is 7.55. The molecule has 4 rings (SSSR count). The molecule has 1 aliphatic rings. The van der Waals surface area contributed by atoms with E-state index in [0.717, 1.165) is 16.6 Å². The van der Waals surface area contributed by atoms with Crippen LogP contribution in [0.5, 0.6) is 0 Å². The number of hydrogen-bond acceptors (Lipinski definition) is 6. The van der Waals surface area contributed by atoms with Gasteiger partial charge in [0.15, 0.2) is 5.54 Å². The Labute approximate surface area is 137 Å². The highest BCUT2D eigenvalue weighted by molar-refractivity contribution is 5.77. The van der Waals surface area contributed by atoms with E-state index in [-0.39, 0.29) is 0 Å². The first-order chi connectivity index (χ1) is 11.7. The molecule has 1 fully saturated rings. The Morgan fingerprint density at radius 2 is 2.08 bits per heavy atom. The van der Waals surface area contributed by atoms with Gasteiger partial charge in [-0.3, -0.25) is 9.58 Å². The number of likely N-dealkylation sites (tertiary alicyclic amines) is 1. The number of carboxylic acid groups (broad SMARTS) is 1. The van der Waals surface area contributed by atoms with Crippen LogP contribution in [0.15, 0.2) is 41.3 Å². The van der Waals surface area contributed by atoms with Gasteiger partial charge in [0.2, 0.25) is 0 Å². The predicted octanol–water partition coefficient (Wildman–Crippen LogP) is 1.50. The Kier molecular flexibility index (Phi) is 3.53. The quantitative estimate of drug-likeness (QED) is 0.775. The van der Waals surface area contributed by atoms with E-state index in [0.29, 0.717) is 32.5 Å². The predicted molar refractivity (Wildman–Crippen MR) is 84.2 cm³/mol. The van der Waals surface area contributed by atoms with Crippen LogP contribution in [0.3, 0.4) is 0 Å². The Hall–Kier alpha value is -2.74. The molecule has 0 bridgehead atoms. The van der Waals surface area contributed by atoms with Crippen LogP contribution in [0.1, 0.15) is 18.4 Å². The molecule has 0 spiro atoms. The van der Waals surface area contributed by atoms with Crippen molar-refractivity contribution in [2.45, 2.75) is 24.9 Å². The van der Waals surface area contributed by atoms with E-state index in [1.54, 1.807) is 23.1 Å². The standard InChI is InChI=1S/C16H17N5O3/c22-15(23)16(21-8-2-7-17-21)5-9-20(10-6-16)11-12-3-1-4-13-14(12)19-24-18-13/h1-4,7-8H,5-6,9-11H2,(H,22,23). The third-order valence-corrected chi connectivity index (χ3v) is 4.79. The molecule has 3 aromatic rings. The van der Waals surface area contributed by atoms with Gasteiger partial charge in [0, 0.05) is 32.0 Å². The number of piperidine rings is 1. The zero-order chi connectivity index (χ0) is 16.6. The van der Waals surface area contributed by atoms with E-state index in [1.807, 2.05) is 18.2 Å². The first-order valence-electron chi connectivity index (χ1n) is 7.85. The Morgan fingerprint density at radius 3 is 2.79 bits per heavy atom. The third-order valence-electron chi connectivity index (χ3n) is 4.79. The molecule has 0 amide bonds. The molecular weight excluding hydrogens is 310 g/mol. The fourth-order valence-electron chi connectivity index (χ4n) is 3.37. The highest BCUT2D eigenvalue weighted by Gasteiger charge is 2.43. The van der Waals surface area contributed by atoms with Crippen molar-refractivity contribution >= 4 is 17.0 Å². The van der Waals surface area contributed by atoms with Gasteiger partial charge in [-0.25, -0.2) is 9.42 Å². The number of rotatable bonds is 4. The molecule has 0 unspecified atom stereocenters. The molecule has 3 heterocycles. The average molecular weight is 327 g/mol. The van der Waals surface area contributed by atoms with Gasteiger partial charge in [-0.2, -0.15) is 5.10 Å². The molecule has 124 valence electrons. The van der Waals surface area contributed by atoms with Crippen LogP contribution in [0.25, 0.3) is 11.0 Å². The average Bonchev–Trinajstić information content (AvgIpc) is 3.28. The Bertz CT molecular complexity index is 850. The van der Waals surface area contributed by atoms with E-state index in [2.05, 4.69) is 20.3 Å². The van der Waals surface area contributed by atoms with Crippen LogP contribution in [0.2, 0.25) is 0 Å². The van der Waals surface area contributed by atoms with Gasteiger partial charge in [0.05, 0.1) is 0 Å². The maximum Gasteiger partial charge on any atom is 0.331 e. The number of carboxylic acids is 1. The topological polar surface area (TPSA) is 97.3 Å². The number of aromatic nitrogens is 4. The second-order valence-electron chi connectivity index (χ2n) is 6.11. The lowest BCUT2D eigenvalue weighted by molar-refractivity contribution is -0.151. The summed E-state index contributed by atoms with van der Waals surface area (Å²) in [5, 5.41) is 21.7. The van der Waals surface area contributed by atoms with Crippen LogP contribution in [0.4, 0.5) is 0 Å². The van der Waals surface area contributed by atoms with E-state index < -0.39 is 11.5 Å². The minimum absolute atomic E-state index is 0.511. The number of fused-ring (bicyclic) bond motifs is 1. The largest absolute Gasteiger partial charge is 0.479 e. The first kappa shape index (κ1) is 14.8. The Balaban J connectivity index is 1.52. The molecule has 2 aromatic heterocycles. The highest BCUT2D eigenvalue weighted by Crippen LogP contribution is 2.31. The minimum atomic E-state index is -0.957. The van der Waals surface area contributed by atoms with Gasteiger partial charge in [-0.05, 0) is 40.9 Å². The lowest BCUT2D eigenvalue weighted by Gasteiger charge is -2.38. The van der Waals surface area contributed by atoms with Crippen LogP contribution in [-0.2, 0) is 16.9 Å².